The molecule has 1 aromatic carbocycles. The van der Waals surface area contributed by atoms with Crippen LogP contribution in [0.5, 0.6) is 0 Å². The van der Waals surface area contributed by atoms with E-state index in [1.165, 1.54) is 34.4 Å². The molecule has 9 heteroatoms. The van der Waals surface area contributed by atoms with Gasteiger partial charge < -0.3 is 5.32 Å². The number of carbonyl (C=O) groups excluding carboxylic acids is 1. The number of rotatable bonds is 3. The molecule has 4 aromatic rings. The molecule has 26 heavy (non-hydrogen) atoms. The average molecular weight is 389 g/mol. The molecule has 4 rings (SSSR count). The number of hydrogen-bond donors (Lipinski definition) is 1. The van der Waals surface area contributed by atoms with Gasteiger partial charge in [0.25, 0.3) is 5.56 Å². The molecule has 3 aromatic heterocycles. The van der Waals surface area contributed by atoms with Crippen LogP contribution in [0.15, 0.2) is 47.7 Å². The first-order valence-electron chi connectivity index (χ1n) is 7.50. The van der Waals surface area contributed by atoms with Crippen LogP contribution in [0.2, 0.25) is 5.02 Å². The van der Waals surface area contributed by atoms with Crippen molar-refractivity contribution in [1.29, 1.82) is 0 Å². The molecule has 0 spiro atoms. The fourth-order valence-corrected chi connectivity index (χ4v) is 3.76. The van der Waals surface area contributed by atoms with Gasteiger partial charge in [0, 0.05) is 16.6 Å². The minimum atomic E-state index is -0.651. The second-order valence-electron chi connectivity index (χ2n) is 5.49. The Morgan fingerprint density at radius 2 is 2.15 bits per heavy atom. The van der Waals surface area contributed by atoms with E-state index in [1.54, 1.807) is 12.3 Å². The third-order valence-corrected chi connectivity index (χ3v) is 5.07. The summed E-state index contributed by atoms with van der Waals surface area (Å²) in [5, 5.41) is 3.44. The molecule has 6 nitrogen and oxygen atoms in total. The monoisotopic (exact) mass is 388 g/mol. The molecule has 1 amide bonds. The van der Waals surface area contributed by atoms with Crippen molar-refractivity contribution < 1.29 is 9.18 Å². The minimum Gasteiger partial charge on any atom is -0.322 e. The summed E-state index contributed by atoms with van der Waals surface area (Å²) in [4.78, 5) is 34.0. The molecule has 0 aliphatic rings. The third kappa shape index (κ3) is 2.93. The number of carbonyl (C=O) groups is 1. The maximum absolute atomic E-state index is 13.8. The molecule has 0 saturated carbocycles. The van der Waals surface area contributed by atoms with E-state index in [0.29, 0.717) is 15.0 Å². The molecule has 0 atom stereocenters. The van der Waals surface area contributed by atoms with E-state index in [-0.39, 0.29) is 22.8 Å². The van der Waals surface area contributed by atoms with Gasteiger partial charge in [-0.3, -0.25) is 14.2 Å². The molecule has 0 radical (unpaired) electrons. The van der Waals surface area contributed by atoms with Gasteiger partial charge in [0.2, 0.25) is 5.91 Å². The van der Waals surface area contributed by atoms with E-state index >= 15 is 0 Å². The lowest BCUT2D eigenvalue weighted by Crippen LogP contribution is -2.27. The molecule has 130 valence electrons. The predicted molar refractivity (Wildman–Crippen MR) is 99.2 cm³/mol. The third-order valence-electron chi connectivity index (χ3n) is 3.74. The van der Waals surface area contributed by atoms with Gasteiger partial charge in [-0.2, -0.15) is 0 Å². The van der Waals surface area contributed by atoms with Crippen LogP contribution in [-0.2, 0) is 11.3 Å². The molecule has 3 heterocycles. The van der Waals surface area contributed by atoms with E-state index in [0.717, 1.165) is 11.5 Å². The molecule has 0 bridgehead atoms. The summed E-state index contributed by atoms with van der Waals surface area (Å²) in [6.45, 7) is -0.286. The van der Waals surface area contributed by atoms with Crippen LogP contribution in [0.3, 0.4) is 0 Å². The van der Waals surface area contributed by atoms with Gasteiger partial charge in [-0.25, -0.2) is 14.4 Å². The zero-order valence-corrected chi connectivity index (χ0v) is 14.6. The van der Waals surface area contributed by atoms with Crippen LogP contribution < -0.4 is 10.9 Å². The lowest BCUT2D eigenvalue weighted by atomic mass is 10.3. The first-order valence-corrected chi connectivity index (χ1v) is 8.70. The maximum Gasteiger partial charge on any atom is 0.271 e. The van der Waals surface area contributed by atoms with Crippen molar-refractivity contribution in [2.75, 3.05) is 5.32 Å². The zero-order valence-electron chi connectivity index (χ0n) is 13.1. The van der Waals surface area contributed by atoms with Gasteiger partial charge in [-0.15, -0.1) is 11.3 Å². The van der Waals surface area contributed by atoms with Crippen molar-refractivity contribution in [3.05, 3.63) is 64.0 Å². The highest BCUT2D eigenvalue weighted by atomic mass is 35.5. The Kier molecular flexibility index (Phi) is 4.14. The van der Waals surface area contributed by atoms with Gasteiger partial charge in [-0.05, 0) is 30.3 Å². The number of halogens is 2. The Labute approximate surface area is 154 Å². The van der Waals surface area contributed by atoms with E-state index < -0.39 is 11.7 Å². The Morgan fingerprint density at radius 1 is 1.31 bits per heavy atom. The Balaban J connectivity index is 1.64. The standard InChI is InChI=1S/C17H10ClFN4O2S/c18-9-3-4-12(11(19)6-9)22-13(24)7-23-8-21-14-10-2-1-5-20-16(10)26-15(14)17(23)25/h1-6,8H,7H2,(H,22,24). The highest BCUT2D eigenvalue weighted by Gasteiger charge is 2.14. The van der Waals surface area contributed by atoms with Crippen molar-refractivity contribution in [2.24, 2.45) is 0 Å². The smallest absolute Gasteiger partial charge is 0.271 e. The number of thiophene rings is 1. The molecule has 0 saturated heterocycles. The summed E-state index contributed by atoms with van der Waals surface area (Å²) in [7, 11) is 0. The van der Waals surface area contributed by atoms with E-state index in [9.17, 15) is 14.0 Å². The van der Waals surface area contributed by atoms with Crippen LogP contribution in [-0.4, -0.2) is 20.4 Å². The van der Waals surface area contributed by atoms with Crippen LogP contribution in [0.1, 0.15) is 0 Å². The van der Waals surface area contributed by atoms with Crippen LogP contribution >= 0.6 is 22.9 Å². The molecule has 1 N–H and O–H groups in total. The van der Waals surface area contributed by atoms with Gasteiger partial charge >= 0.3 is 0 Å². The lowest BCUT2D eigenvalue weighted by molar-refractivity contribution is -0.116. The molecule has 0 aliphatic heterocycles. The first kappa shape index (κ1) is 16.6. The van der Waals surface area contributed by atoms with Crippen LogP contribution in [0.25, 0.3) is 20.4 Å². The number of aromatic nitrogens is 3. The van der Waals surface area contributed by atoms with Gasteiger partial charge in [0.15, 0.2) is 0 Å². The fraction of sp³-hybridized carbons (Fsp3) is 0.0588. The van der Waals surface area contributed by atoms with Crippen molar-refractivity contribution in [3.8, 4) is 0 Å². The summed E-state index contributed by atoms with van der Waals surface area (Å²) in [6, 6.07) is 7.53. The number of amides is 1. The second kappa shape index (κ2) is 6.47. The van der Waals surface area contributed by atoms with E-state index in [2.05, 4.69) is 15.3 Å². The molecular formula is C17H10ClFN4O2S. The van der Waals surface area contributed by atoms with Gasteiger partial charge in [0.05, 0.1) is 17.5 Å². The molecule has 0 aliphatic carbocycles. The number of benzene rings is 1. The zero-order chi connectivity index (χ0) is 18.3. The fourth-order valence-electron chi connectivity index (χ4n) is 2.55. The summed E-state index contributed by atoms with van der Waals surface area (Å²) in [6.07, 6.45) is 2.95. The quantitative estimate of drug-likeness (QED) is 0.583. The normalized spacial score (nSPS) is 11.2. The Bertz CT molecular complexity index is 1220. The van der Waals surface area contributed by atoms with Crippen molar-refractivity contribution in [1.82, 2.24) is 14.5 Å². The Morgan fingerprint density at radius 3 is 2.96 bits per heavy atom. The summed E-state index contributed by atoms with van der Waals surface area (Å²) >= 11 is 6.91. The predicted octanol–water partition coefficient (Wildman–Crippen LogP) is 3.44. The summed E-state index contributed by atoms with van der Waals surface area (Å²) < 4.78 is 15.4. The number of nitrogens with zero attached hydrogens (tertiary/aromatic N) is 3. The Hall–Kier alpha value is -2.84. The topological polar surface area (TPSA) is 76.9 Å². The van der Waals surface area contributed by atoms with E-state index in [1.807, 2.05) is 6.07 Å². The maximum atomic E-state index is 13.8. The molecule has 0 fully saturated rings. The molecular weight excluding hydrogens is 379 g/mol. The van der Waals surface area contributed by atoms with Crippen LogP contribution in [0.4, 0.5) is 10.1 Å². The van der Waals surface area contributed by atoms with Crippen molar-refractivity contribution >= 4 is 55.0 Å². The number of pyridine rings is 1. The second-order valence-corrected chi connectivity index (χ2v) is 6.92. The summed E-state index contributed by atoms with van der Waals surface area (Å²) in [5.74, 6) is -1.20. The average Bonchev–Trinajstić information content (AvgIpc) is 2.99. The lowest BCUT2D eigenvalue weighted by Gasteiger charge is -2.08. The van der Waals surface area contributed by atoms with Crippen LogP contribution in [0, 0.1) is 5.82 Å². The highest BCUT2D eigenvalue weighted by molar-refractivity contribution is 7.25. The van der Waals surface area contributed by atoms with Crippen molar-refractivity contribution in [3.63, 3.8) is 0 Å². The van der Waals surface area contributed by atoms with E-state index in [4.69, 9.17) is 11.6 Å². The molecule has 0 unspecified atom stereocenters. The number of nitrogens with one attached hydrogen (secondary N) is 1. The summed E-state index contributed by atoms with van der Waals surface area (Å²) in [5.41, 5.74) is 0.209. The first-order chi connectivity index (χ1) is 12.5. The SMILES string of the molecule is O=C(Cn1cnc2c(sc3ncccc32)c1=O)Nc1ccc(Cl)cc1F. The highest BCUT2D eigenvalue weighted by Crippen LogP contribution is 2.28. The van der Waals surface area contributed by atoms with Crippen molar-refractivity contribution in [2.45, 2.75) is 6.54 Å². The minimum absolute atomic E-state index is 0.00690. The number of fused-ring (bicyclic) bond motifs is 3. The number of hydrogen-bond acceptors (Lipinski definition) is 5. The van der Waals surface area contributed by atoms with Gasteiger partial charge in [-0.1, -0.05) is 11.6 Å². The number of anilines is 1. The van der Waals surface area contributed by atoms with Gasteiger partial charge in [0.1, 0.15) is 21.9 Å². The largest absolute Gasteiger partial charge is 0.322 e.